The summed E-state index contributed by atoms with van der Waals surface area (Å²) in [5, 5.41) is 1.56. The molecule has 0 bridgehead atoms. The molecule has 0 atom stereocenters. The van der Waals surface area contributed by atoms with Crippen molar-refractivity contribution in [3.05, 3.63) is 23.2 Å². The topological polar surface area (TPSA) is 48.4 Å². The number of thiazole rings is 1. The summed E-state index contributed by atoms with van der Waals surface area (Å²) in [4.78, 5) is 4.39. The van der Waals surface area contributed by atoms with Crippen molar-refractivity contribution in [1.29, 1.82) is 0 Å². The number of fused-ring (bicyclic) bond motifs is 1. The Hall–Kier alpha value is -0.740. The van der Waals surface area contributed by atoms with Crippen LogP contribution in [0.3, 0.4) is 0 Å². The molecule has 98 valence electrons. The minimum absolute atomic E-state index is 0.353. The van der Waals surface area contributed by atoms with Crippen molar-refractivity contribution < 1.29 is 13.6 Å². The van der Waals surface area contributed by atoms with Gasteiger partial charge in [-0.2, -0.15) is 0 Å². The monoisotopic (exact) mass is 285 g/mol. The average Bonchev–Trinajstić information content (AvgIpc) is 2.68. The molecule has 1 aromatic carbocycles. The fourth-order valence-electron chi connectivity index (χ4n) is 1.73. The van der Waals surface area contributed by atoms with Gasteiger partial charge >= 0.3 is 7.60 Å². The third-order valence-corrected chi connectivity index (χ3v) is 5.45. The Labute approximate surface area is 110 Å². The first-order valence-corrected chi connectivity index (χ1v) is 8.22. The van der Waals surface area contributed by atoms with Crippen LogP contribution in [-0.2, 0) is 13.6 Å². The van der Waals surface area contributed by atoms with E-state index < -0.39 is 7.60 Å². The van der Waals surface area contributed by atoms with Crippen LogP contribution in [0.4, 0.5) is 0 Å². The number of nitrogens with zero attached hydrogens (tertiary/aromatic N) is 1. The van der Waals surface area contributed by atoms with Gasteiger partial charge in [0.1, 0.15) is 0 Å². The van der Waals surface area contributed by atoms with E-state index in [4.69, 9.17) is 9.05 Å². The van der Waals surface area contributed by atoms with Crippen LogP contribution in [0.1, 0.15) is 18.9 Å². The van der Waals surface area contributed by atoms with E-state index in [0.717, 1.165) is 15.2 Å². The van der Waals surface area contributed by atoms with Gasteiger partial charge in [0.2, 0.25) is 0 Å². The zero-order chi connectivity index (χ0) is 13.2. The van der Waals surface area contributed by atoms with E-state index in [1.807, 2.05) is 13.0 Å². The molecule has 0 N–H and O–H groups in total. The Morgan fingerprint density at radius 3 is 2.56 bits per heavy atom. The lowest BCUT2D eigenvalue weighted by atomic mass is 10.3. The molecule has 18 heavy (non-hydrogen) atoms. The summed E-state index contributed by atoms with van der Waals surface area (Å²) in [6, 6.07) is 5.51. The van der Waals surface area contributed by atoms with Crippen LogP contribution in [0.25, 0.3) is 10.2 Å². The predicted octanol–water partition coefficient (Wildman–Crippen LogP) is 3.50. The van der Waals surface area contributed by atoms with Crippen LogP contribution in [0, 0.1) is 6.92 Å². The summed E-state index contributed by atoms with van der Waals surface area (Å²) in [6.07, 6.45) is 0. The standard InChI is InChI=1S/C12H16NO3PS/c1-4-15-17(14,16-5-2)10-6-7-12-11(8-10)13-9(3)18-12/h6-8H,4-5H2,1-3H3. The fourth-order valence-corrected chi connectivity index (χ4v) is 4.13. The fraction of sp³-hybridized carbons (Fsp3) is 0.417. The van der Waals surface area contributed by atoms with Crippen LogP contribution in [0.2, 0.25) is 0 Å². The predicted molar refractivity (Wildman–Crippen MR) is 74.8 cm³/mol. The van der Waals surface area contributed by atoms with E-state index in [1.165, 1.54) is 0 Å². The summed E-state index contributed by atoms with van der Waals surface area (Å²) >= 11 is 1.62. The molecule has 0 aliphatic rings. The van der Waals surface area contributed by atoms with Crippen LogP contribution in [0.5, 0.6) is 0 Å². The van der Waals surface area contributed by atoms with Gasteiger partial charge in [-0.25, -0.2) is 4.98 Å². The molecule has 0 aliphatic carbocycles. The Bertz CT molecular complexity index is 586. The van der Waals surface area contributed by atoms with Crippen molar-refractivity contribution in [1.82, 2.24) is 4.98 Å². The summed E-state index contributed by atoms with van der Waals surface area (Å²) in [6.45, 7) is 6.26. The van der Waals surface area contributed by atoms with Gasteiger partial charge in [-0.1, -0.05) is 0 Å². The van der Waals surface area contributed by atoms with Gasteiger partial charge in [0, 0.05) is 0 Å². The maximum Gasteiger partial charge on any atom is 0.361 e. The second-order valence-electron chi connectivity index (χ2n) is 3.72. The summed E-state index contributed by atoms with van der Waals surface area (Å²) in [7, 11) is -3.20. The van der Waals surface area contributed by atoms with Crippen LogP contribution in [-0.4, -0.2) is 18.2 Å². The number of hydrogen-bond donors (Lipinski definition) is 0. The van der Waals surface area contributed by atoms with E-state index in [2.05, 4.69) is 4.98 Å². The van der Waals surface area contributed by atoms with Gasteiger partial charge in [0.05, 0.1) is 33.7 Å². The SMILES string of the molecule is CCOP(=O)(OCC)c1ccc2sc(C)nc2c1. The molecule has 6 heteroatoms. The first-order chi connectivity index (χ1) is 8.59. The zero-order valence-corrected chi connectivity index (χ0v) is 12.4. The van der Waals surface area contributed by atoms with Crippen molar-refractivity contribution in [3.63, 3.8) is 0 Å². The Morgan fingerprint density at radius 1 is 1.28 bits per heavy atom. The Kier molecular flexibility index (Phi) is 4.17. The van der Waals surface area contributed by atoms with Crippen molar-refractivity contribution >= 4 is 34.5 Å². The molecule has 0 radical (unpaired) electrons. The number of hydrogen-bond acceptors (Lipinski definition) is 5. The first kappa shape index (κ1) is 13.7. The van der Waals surface area contributed by atoms with E-state index in [-0.39, 0.29) is 0 Å². The van der Waals surface area contributed by atoms with E-state index >= 15 is 0 Å². The third-order valence-electron chi connectivity index (χ3n) is 2.39. The minimum atomic E-state index is -3.20. The van der Waals surface area contributed by atoms with Crippen LogP contribution >= 0.6 is 18.9 Å². The third kappa shape index (κ3) is 2.64. The van der Waals surface area contributed by atoms with E-state index in [0.29, 0.717) is 18.5 Å². The number of rotatable bonds is 5. The van der Waals surface area contributed by atoms with Gasteiger partial charge in [0.15, 0.2) is 0 Å². The zero-order valence-electron chi connectivity index (χ0n) is 10.7. The highest BCUT2D eigenvalue weighted by Crippen LogP contribution is 2.47. The normalized spacial score (nSPS) is 12.2. The largest absolute Gasteiger partial charge is 0.361 e. The number of aryl methyl sites for hydroxylation is 1. The van der Waals surface area contributed by atoms with Gasteiger partial charge in [-0.3, -0.25) is 4.57 Å². The Morgan fingerprint density at radius 2 is 1.94 bits per heavy atom. The van der Waals surface area contributed by atoms with E-state index in [9.17, 15) is 4.57 Å². The highest BCUT2D eigenvalue weighted by atomic mass is 32.1. The molecular weight excluding hydrogens is 269 g/mol. The molecule has 0 saturated heterocycles. The summed E-state index contributed by atoms with van der Waals surface area (Å²) in [5.74, 6) is 0. The van der Waals surface area contributed by atoms with Crippen molar-refractivity contribution in [2.24, 2.45) is 0 Å². The maximum absolute atomic E-state index is 12.6. The molecular formula is C12H16NO3PS. The number of aromatic nitrogens is 1. The lowest BCUT2D eigenvalue weighted by molar-refractivity contribution is 0.230. The van der Waals surface area contributed by atoms with Crippen molar-refractivity contribution in [2.75, 3.05) is 13.2 Å². The number of benzene rings is 1. The highest BCUT2D eigenvalue weighted by Gasteiger charge is 2.27. The quantitative estimate of drug-likeness (QED) is 0.789. The smallest absolute Gasteiger partial charge is 0.305 e. The first-order valence-electron chi connectivity index (χ1n) is 5.86. The lowest BCUT2D eigenvalue weighted by Gasteiger charge is -2.16. The highest BCUT2D eigenvalue weighted by molar-refractivity contribution is 7.62. The Balaban J connectivity index is 2.47. The molecule has 0 unspecified atom stereocenters. The van der Waals surface area contributed by atoms with Crippen LogP contribution in [0.15, 0.2) is 18.2 Å². The molecule has 0 amide bonds. The molecule has 1 heterocycles. The summed E-state index contributed by atoms with van der Waals surface area (Å²) < 4.78 is 24.3. The van der Waals surface area contributed by atoms with E-state index in [1.54, 1.807) is 37.3 Å². The molecule has 0 spiro atoms. The summed E-state index contributed by atoms with van der Waals surface area (Å²) in [5.41, 5.74) is 0.842. The molecule has 0 fully saturated rings. The lowest BCUT2D eigenvalue weighted by Crippen LogP contribution is -2.10. The van der Waals surface area contributed by atoms with Crippen molar-refractivity contribution in [2.45, 2.75) is 20.8 Å². The average molecular weight is 285 g/mol. The minimum Gasteiger partial charge on any atom is -0.305 e. The second-order valence-corrected chi connectivity index (χ2v) is 6.98. The molecule has 2 rings (SSSR count). The van der Waals surface area contributed by atoms with Gasteiger partial charge in [-0.05, 0) is 39.0 Å². The molecule has 1 aromatic heterocycles. The maximum atomic E-state index is 12.6. The molecule has 2 aromatic rings. The van der Waals surface area contributed by atoms with Gasteiger partial charge in [0.25, 0.3) is 0 Å². The van der Waals surface area contributed by atoms with Crippen LogP contribution < -0.4 is 5.30 Å². The molecule has 0 aliphatic heterocycles. The van der Waals surface area contributed by atoms with Gasteiger partial charge < -0.3 is 9.05 Å². The molecule has 4 nitrogen and oxygen atoms in total. The molecule has 0 saturated carbocycles. The van der Waals surface area contributed by atoms with Crippen molar-refractivity contribution in [3.8, 4) is 0 Å². The van der Waals surface area contributed by atoms with Gasteiger partial charge in [-0.15, -0.1) is 11.3 Å². The second kappa shape index (κ2) is 5.49.